The van der Waals surface area contributed by atoms with Crippen molar-refractivity contribution < 1.29 is 28.2 Å². The third-order valence-corrected chi connectivity index (χ3v) is 6.00. The molecule has 0 spiro atoms. The summed E-state index contributed by atoms with van der Waals surface area (Å²) in [6.07, 6.45) is -0.331. The molecule has 4 rings (SSSR count). The molecule has 33 heavy (non-hydrogen) atoms. The monoisotopic (exact) mass is 453 g/mol. The second-order valence-corrected chi connectivity index (χ2v) is 8.47. The van der Waals surface area contributed by atoms with E-state index in [1.54, 1.807) is 12.1 Å². The van der Waals surface area contributed by atoms with Gasteiger partial charge in [0.1, 0.15) is 18.1 Å². The van der Waals surface area contributed by atoms with Crippen molar-refractivity contribution in [3.8, 4) is 11.1 Å². The van der Waals surface area contributed by atoms with Gasteiger partial charge in [-0.3, -0.25) is 14.6 Å². The number of benzene rings is 2. The van der Waals surface area contributed by atoms with Gasteiger partial charge in [0.2, 0.25) is 0 Å². The van der Waals surface area contributed by atoms with Crippen LogP contribution in [0.2, 0.25) is 0 Å². The van der Waals surface area contributed by atoms with Gasteiger partial charge in [0, 0.05) is 23.4 Å². The highest BCUT2D eigenvalue weighted by Crippen LogP contribution is 2.45. The number of fused-ring (bicyclic) bond motifs is 1. The maximum atomic E-state index is 14.1. The summed E-state index contributed by atoms with van der Waals surface area (Å²) in [5.74, 6) is -1.23. The summed E-state index contributed by atoms with van der Waals surface area (Å²) in [6.45, 7) is 0.277. The van der Waals surface area contributed by atoms with Crippen LogP contribution in [0.15, 0.2) is 48.5 Å². The molecule has 0 saturated heterocycles. The number of carbonyl (C=O) groups is 2. The van der Waals surface area contributed by atoms with Crippen LogP contribution in [-0.4, -0.2) is 34.8 Å². The Morgan fingerprint density at radius 1 is 1.18 bits per heavy atom. The molecule has 3 aromatic rings. The van der Waals surface area contributed by atoms with Crippen molar-refractivity contribution in [1.29, 1.82) is 0 Å². The Kier molecular flexibility index (Phi) is 6.96. The topological polar surface area (TPSA) is 76.5 Å². The first kappa shape index (κ1) is 22.8. The molecular formula is C26H25F2NO4. The van der Waals surface area contributed by atoms with E-state index < -0.39 is 24.7 Å². The van der Waals surface area contributed by atoms with Gasteiger partial charge in [-0.2, -0.15) is 0 Å². The zero-order valence-electron chi connectivity index (χ0n) is 18.0. The van der Waals surface area contributed by atoms with Crippen molar-refractivity contribution in [2.75, 3.05) is 0 Å². The lowest BCUT2D eigenvalue weighted by atomic mass is 9.89. The van der Waals surface area contributed by atoms with Crippen molar-refractivity contribution in [2.45, 2.75) is 56.7 Å². The zero-order chi connectivity index (χ0) is 23.4. The van der Waals surface area contributed by atoms with E-state index in [-0.39, 0.29) is 18.7 Å². The highest BCUT2D eigenvalue weighted by Gasteiger charge is 2.31. The molecule has 0 radical (unpaired) electrons. The second kappa shape index (κ2) is 10.1. The average molecular weight is 453 g/mol. The van der Waals surface area contributed by atoms with Crippen LogP contribution in [0, 0.1) is 5.82 Å². The summed E-state index contributed by atoms with van der Waals surface area (Å²) in [5, 5.41) is 9.77. The maximum Gasteiger partial charge on any atom is 0.306 e. The van der Waals surface area contributed by atoms with Crippen molar-refractivity contribution >= 4 is 23.3 Å². The van der Waals surface area contributed by atoms with Crippen molar-refractivity contribution in [3.05, 3.63) is 65.6 Å². The Morgan fingerprint density at radius 2 is 1.91 bits per heavy atom. The highest BCUT2D eigenvalue weighted by molar-refractivity contribution is 5.96. The normalized spacial score (nSPS) is 15.2. The Hall–Kier alpha value is -3.35. The number of rotatable bonds is 11. The SMILES string of the molecule is O=CO[C@H](CCc1c(C2CC2)nc2ccccc2c1-c1ccc(F)cc1)C[C@H](F)CC(=O)O. The number of aliphatic carboxylic acids is 1. The maximum absolute atomic E-state index is 14.1. The molecule has 1 aromatic heterocycles. The summed E-state index contributed by atoms with van der Waals surface area (Å²) in [4.78, 5) is 26.8. The molecule has 1 saturated carbocycles. The molecular weight excluding hydrogens is 428 g/mol. The number of hydrogen-bond donors (Lipinski definition) is 1. The molecule has 0 unspecified atom stereocenters. The Bertz CT molecular complexity index is 1140. The number of ether oxygens (including phenoxy) is 1. The average Bonchev–Trinajstić information content (AvgIpc) is 3.62. The summed E-state index contributed by atoms with van der Waals surface area (Å²) >= 11 is 0. The van der Waals surface area contributed by atoms with E-state index in [9.17, 15) is 18.4 Å². The fourth-order valence-electron chi connectivity index (χ4n) is 4.35. The molecule has 1 fully saturated rings. The minimum Gasteiger partial charge on any atom is -0.481 e. The lowest BCUT2D eigenvalue weighted by Crippen LogP contribution is -2.21. The van der Waals surface area contributed by atoms with Gasteiger partial charge in [-0.05, 0) is 60.6 Å². The number of pyridine rings is 1. The molecule has 1 heterocycles. The molecule has 0 amide bonds. The Balaban J connectivity index is 1.73. The largest absolute Gasteiger partial charge is 0.481 e. The number of alkyl halides is 1. The molecule has 2 atom stereocenters. The summed E-state index contributed by atoms with van der Waals surface area (Å²) in [7, 11) is 0. The third-order valence-electron chi connectivity index (χ3n) is 6.00. The summed E-state index contributed by atoms with van der Waals surface area (Å²) < 4.78 is 32.9. The molecule has 2 aromatic carbocycles. The van der Waals surface area contributed by atoms with Gasteiger partial charge in [-0.15, -0.1) is 0 Å². The van der Waals surface area contributed by atoms with Gasteiger partial charge in [0.05, 0.1) is 11.9 Å². The van der Waals surface area contributed by atoms with Crippen LogP contribution < -0.4 is 0 Å². The number of carboxylic acids is 1. The number of hydrogen-bond acceptors (Lipinski definition) is 4. The number of nitrogens with zero attached hydrogens (tertiary/aromatic N) is 1. The van der Waals surface area contributed by atoms with E-state index in [0.717, 1.165) is 46.1 Å². The standard InChI is InChI=1S/C26H25F2NO4/c27-18-9-7-16(8-10-18)25-21-3-1-2-4-23(21)29-26(17-5-6-17)22(25)12-11-20(33-15-30)13-19(28)14-24(31)32/h1-4,7-10,15,17,19-20H,5-6,11-14H2,(H,31,32)/t19-,20+/m0/s1. The summed E-state index contributed by atoms with van der Waals surface area (Å²) in [5.41, 5.74) is 4.62. The minimum atomic E-state index is -1.61. The van der Waals surface area contributed by atoms with E-state index in [1.807, 2.05) is 24.3 Å². The molecule has 1 aliphatic carbocycles. The molecule has 172 valence electrons. The number of aromatic nitrogens is 1. The third kappa shape index (κ3) is 5.53. The van der Waals surface area contributed by atoms with Gasteiger partial charge in [-0.1, -0.05) is 30.3 Å². The van der Waals surface area contributed by atoms with Gasteiger partial charge >= 0.3 is 5.97 Å². The van der Waals surface area contributed by atoms with Crippen LogP contribution in [0.25, 0.3) is 22.0 Å². The van der Waals surface area contributed by atoms with Crippen molar-refractivity contribution in [2.24, 2.45) is 0 Å². The van der Waals surface area contributed by atoms with Crippen LogP contribution in [0.1, 0.15) is 49.3 Å². The molecule has 0 bridgehead atoms. The first-order valence-electron chi connectivity index (χ1n) is 11.1. The van der Waals surface area contributed by atoms with Crippen LogP contribution in [0.3, 0.4) is 0 Å². The molecule has 0 aliphatic heterocycles. The predicted molar refractivity (Wildman–Crippen MR) is 120 cm³/mol. The molecule has 7 heteroatoms. The first-order valence-corrected chi connectivity index (χ1v) is 11.1. The van der Waals surface area contributed by atoms with Crippen LogP contribution in [0.4, 0.5) is 8.78 Å². The minimum absolute atomic E-state index is 0.184. The Morgan fingerprint density at radius 3 is 2.58 bits per heavy atom. The number of carbonyl (C=O) groups excluding carboxylic acids is 1. The van der Waals surface area contributed by atoms with E-state index >= 15 is 0 Å². The van der Waals surface area contributed by atoms with Gasteiger partial charge in [-0.25, -0.2) is 8.78 Å². The zero-order valence-corrected chi connectivity index (χ0v) is 18.0. The van der Waals surface area contributed by atoms with Gasteiger partial charge < -0.3 is 9.84 Å². The fraction of sp³-hybridized carbons (Fsp3) is 0.346. The number of halogens is 2. The van der Waals surface area contributed by atoms with Crippen LogP contribution in [-0.2, 0) is 20.7 Å². The van der Waals surface area contributed by atoms with E-state index in [2.05, 4.69) is 0 Å². The molecule has 1 N–H and O–H groups in total. The Labute approximate surface area is 190 Å². The van der Waals surface area contributed by atoms with Gasteiger partial charge in [0.25, 0.3) is 6.47 Å². The fourth-order valence-corrected chi connectivity index (χ4v) is 4.35. The number of carboxylic acid groups (broad SMARTS) is 1. The smallest absolute Gasteiger partial charge is 0.306 e. The van der Waals surface area contributed by atoms with Gasteiger partial charge in [0.15, 0.2) is 0 Å². The predicted octanol–water partition coefficient (Wildman–Crippen LogP) is 5.60. The van der Waals surface area contributed by atoms with Crippen LogP contribution >= 0.6 is 0 Å². The second-order valence-electron chi connectivity index (χ2n) is 8.47. The van der Waals surface area contributed by atoms with Crippen LogP contribution in [0.5, 0.6) is 0 Å². The molecule has 1 aliphatic rings. The highest BCUT2D eigenvalue weighted by atomic mass is 19.1. The van der Waals surface area contributed by atoms with E-state index in [0.29, 0.717) is 18.8 Å². The lowest BCUT2D eigenvalue weighted by Gasteiger charge is -2.21. The first-order chi connectivity index (χ1) is 16.0. The van der Waals surface area contributed by atoms with E-state index in [1.165, 1.54) is 12.1 Å². The lowest BCUT2D eigenvalue weighted by molar-refractivity contribution is -0.139. The van der Waals surface area contributed by atoms with Crippen molar-refractivity contribution in [3.63, 3.8) is 0 Å². The quantitative estimate of drug-likeness (QED) is 0.383. The van der Waals surface area contributed by atoms with Crippen molar-refractivity contribution in [1.82, 2.24) is 4.98 Å². The summed E-state index contributed by atoms with van der Waals surface area (Å²) in [6, 6.07) is 14.1. The molecule has 5 nitrogen and oxygen atoms in total. The number of para-hydroxylation sites is 1. The van der Waals surface area contributed by atoms with E-state index in [4.69, 9.17) is 14.8 Å².